The highest BCUT2D eigenvalue weighted by Crippen LogP contribution is 2.26. The van der Waals surface area contributed by atoms with E-state index in [2.05, 4.69) is 10.6 Å². The molecule has 3 rings (SSSR count). The van der Waals surface area contributed by atoms with E-state index in [9.17, 15) is 9.59 Å². The molecule has 1 amide bonds. The van der Waals surface area contributed by atoms with Crippen molar-refractivity contribution in [2.45, 2.75) is 6.54 Å². The summed E-state index contributed by atoms with van der Waals surface area (Å²) in [6.07, 6.45) is 0. The van der Waals surface area contributed by atoms with Gasteiger partial charge in [0.2, 0.25) is 0 Å². The summed E-state index contributed by atoms with van der Waals surface area (Å²) in [7, 11) is 0. The molecule has 0 fully saturated rings. The van der Waals surface area contributed by atoms with Crippen LogP contribution in [-0.2, 0) is 6.54 Å². The predicted molar refractivity (Wildman–Crippen MR) is 112 cm³/mol. The molecule has 0 spiro atoms. The molecule has 3 N–H and O–H groups in total. The first kappa shape index (κ1) is 19.7. The Morgan fingerprint density at radius 2 is 1.57 bits per heavy atom. The Kier molecular flexibility index (Phi) is 6.19. The molecule has 0 unspecified atom stereocenters. The van der Waals surface area contributed by atoms with Crippen LogP contribution in [0.3, 0.4) is 0 Å². The molecule has 0 radical (unpaired) electrons. The molecule has 0 aliphatic rings. The zero-order valence-corrected chi connectivity index (χ0v) is 16.1. The summed E-state index contributed by atoms with van der Waals surface area (Å²) in [4.78, 5) is 23.7. The molecule has 3 aromatic carbocycles. The van der Waals surface area contributed by atoms with Gasteiger partial charge in [0.05, 0.1) is 16.1 Å². The summed E-state index contributed by atoms with van der Waals surface area (Å²) in [5, 5.41) is 15.9. The number of rotatable bonds is 6. The monoisotopic (exact) mass is 414 g/mol. The Morgan fingerprint density at radius 3 is 2.21 bits per heavy atom. The maximum atomic E-state index is 12.8. The van der Waals surface area contributed by atoms with Crippen molar-refractivity contribution in [2.75, 3.05) is 10.6 Å². The van der Waals surface area contributed by atoms with Crippen LogP contribution in [0.2, 0.25) is 10.0 Å². The minimum Gasteiger partial charge on any atom is -0.478 e. The molecule has 0 atom stereocenters. The summed E-state index contributed by atoms with van der Waals surface area (Å²) >= 11 is 12.2. The molecular formula is C21H16Cl2N2O3. The summed E-state index contributed by atoms with van der Waals surface area (Å²) in [5.41, 5.74) is 2.50. The van der Waals surface area contributed by atoms with Gasteiger partial charge in [0.25, 0.3) is 5.91 Å². The lowest BCUT2D eigenvalue weighted by Gasteiger charge is -2.14. The molecule has 0 saturated carbocycles. The van der Waals surface area contributed by atoms with Gasteiger partial charge in [0.15, 0.2) is 0 Å². The fourth-order valence-electron chi connectivity index (χ4n) is 2.59. The molecule has 0 heterocycles. The van der Waals surface area contributed by atoms with Gasteiger partial charge >= 0.3 is 5.97 Å². The average Bonchev–Trinajstić information content (AvgIpc) is 2.68. The Balaban J connectivity index is 1.77. The van der Waals surface area contributed by atoms with Crippen LogP contribution >= 0.6 is 23.2 Å². The lowest BCUT2D eigenvalue weighted by atomic mass is 10.1. The highest BCUT2D eigenvalue weighted by molar-refractivity contribution is 6.35. The second-order valence-electron chi connectivity index (χ2n) is 5.98. The SMILES string of the molecule is O=C(O)c1ccc(NC(=O)c2c(Cl)cccc2NCc2ccc(Cl)cc2)cc1. The predicted octanol–water partition coefficient (Wildman–Crippen LogP) is 5.56. The van der Waals surface area contributed by atoms with E-state index in [1.54, 1.807) is 30.3 Å². The van der Waals surface area contributed by atoms with Crippen molar-refractivity contribution in [3.8, 4) is 0 Å². The highest BCUT2D eigenvalue weighted by atomic mass is 35.5. The second kappa shape index (κ2) is 8.78. The van der Waals surface area contributed by atoms with E-state index in [1.807, 2.05) is 12.1 Å². The zero-order chi connectivity index (χ0) is 20.1. The van der Waals surface area contributed by atoms with Crippen molar-refractivity contribution in [1.82, 2.24) is 0 Å². The first-order chi connectivity index (χ1) is 13.4. The van der Waals surface area contributed by atoms with Gasteiger partial charge in [-0.1, -0.05) is 41.4 Å². The molecule has 0 saturated heterocycles. The third kappa shape index (κ3) is 4.82. The summed E-state index contributed by atoms with van der Waals surface area (Å²) in [5.74, 6) is -1.43. The van der Waals surface area contributed by atoms with Crippen LogP contribution in [0.4, 0.5) is 11.4 Å². The molecule has 5 nitrogen and oxygen atoms in total. The highest BCUT2D eigenvalue weighted by Gasteiger charge is 2.16. The van der Waals surface area contributed by atoms with E-state index in [4.69, 9.17) is 28.3 Å². The Bertz CT molecular complexity index is 1000. The van der Waals surface area contributed by atoms with Gasteiger partial charge < -0.3 is 15.7 Å². The molecular weight excluding hydrogens is 399 g/mol. The number of halogens is 2. The lowest BCUT2D eigenvalue weighted by Crippen LogP contribution is -2.15. The normalized spacial score (nSPS) is 10.4. The largest absolute Gasteiger partial charge is 0.478 e. The van der Waals surface area contributed by atoms with Crippen LogP contribution in [0.5, 0.6) is 0 Å². The van der Waals surface area contributed by atoms with E-state index in [-0.39, 0.29) is 5.56 Å². The van der Waals surface area contributed by atoms with Crippen LogP contribution in [0, 0.1) is 0 Å². The Hall–Kier alpha value is -3.02. The number of carbonyl (C=O) groups is 2. The number of anilines is 2. The number of amides is 1. The molecule has 0 aliphatic heterocycles. The van der Waals surface area contributed by atoms with E-state index in [1.165, 1.54) is 24.3 Å². The van der Waals surface area contributed by atoms with E-state index < -0.39 is 11.9 Å². The first-order valence-corrected chi connectivity index (χ1v) is 9.11. The number of hydrogen-bond donors (Lipinski definition) is 3. The van der Waals surface area contributed by atoms with Crippen molar-refractivity contribution < 1.29 is 14.7 Å². The third-order valence-electron chi connectivity index (χ3n) is 4.03. The molecule has 28 heavy (non-hydrogen) atoms. The number of carboxylic acids is 1. The standard InChI is InChI=1S/C21H16Cl2N2O3/c22-15-8-4-13(5-9-15)12-24-18-3-1-2-17(23)19(18)20(26)25-16-10-6-14(7-11-16)21(27)28/h1-11,24H,12H2,(H,25,26)(H,27,28). The maximum absolute atomic E-state index is 12.8. The minimum absolute atomic E-state index is 0.140. The van der Waals surface area contributed by atoms with Gasteiger partial charge in [-0.25, -0.2) is 4.79 Å². The number of benzene rings is 3. The summed E-state index contributed by atoms with van der Waals surface area (Å²) in [6.45, 7) is 0.491. The van der Waals surface area contributed by atoms with Crippen molar-refractivity contribution in [2.24, 2.45) is 0 Å². The topological polar surface area (TPSA) is 78.4 Å². The molecule has 0 aliphatic carbocycles. The minimum atomic E-state index is -1.03. The summed E-state index contributed by atoms with van der Waals surface area (Å²) in [6, 6.07) is 18.4. The number of aromatic carboxylic acids is 1. The van der Waals surface area contributed by atoms with Gasteiger partial charge in [0, 0.05) is 22.9 Å². The molecule has 0 bridgehead atoms. The molecule has 0 aromatic heterocycles. The van der Waals surface area contributed by atoms with E-state index in [0.717, 1.165) is 5.56 Å². The lowest BCUT2D eigenvalue weighted by molar-refractivity contribution is 0.0696. The van der Waals surface area contributed by atoms with Gasteiger partial charge in [-0.05, 0) is 54.1 Å². The maximum Gasteiger partial charge on any atom is 0.335 e. The van der Waals surface area contributed by atoms with E-state index >= 15 is 0 Å². The molecule has 142 valence electrons. The average molecular weight is 415 g/mol. The van der Waals surface area contributed by atoms with Crippen molar-refractivity contribution >= 4 is 46.5 Å². The third-order valence-corrected chi connectivity index (χ3v) is 4.59. The fourth-order valence-corrected chi connectivity index (χ4v) is 2.98. The van der Waals surface area contributed by atoms with Crippen LogP contribution in [0.25, 0.3) is 0 Å². The van der Waals surface area contributed by atoms with Crippen molar-refractivity contribution in [3.05, 3.63) is 93.5 Å². The van der Waals surface area contributed by atoms with Crippen molar-refractivity contribution in [1.29, 1.82) is 0 Å². The van der Waals surface area contributed by atoms with Crippen LogP contribution < -0.4 is 10.6 Å². The van der Waals surface area contributed by atoms with Crippen LogP contribution in [-0.4, -0.2) is 17.0 Å². The van der Waals surface area contributed by atoms with Crippen LogP contribution in [0.15, 0.2) is 66.7 Å². The zero-order valence-electron chi connectivity index (χ0n) is 14.6. The van der Waals surface area contributed by atoms with Gasteiger partial charge in [0.1, 0.15) is 0 Å². The van der Waals surface area contributed by atoms with Crippen LogP contribution in [0.1, 0.15) is 26.3 Å². The Morgan fingerprint density at radius 1 is 0.893 bits per heavy atom. The van der Waals surface area contributed by atoms with Gasteiger partial charge in [-0.15, -0.1) is 0 Å². The smallest absolute Gasteiger partial charge is 0.335 e. The first-order valence-electron chi connectivity index (χ1n) is 8.35. The molecule has 7 heteroatoms. The fraction of sp³-hybridized carbons (Fsp3) is 0.0476. The number of carbonyl (C=O) groups excluding carboxylic acids is 1. The number of hydrogen-bond acceptors (Lipinski definition) is 3. The number of carboxylic acid groups (broad SMARTS) is 1. The summed E-state index contributed by atoms with van der Waals surface area (Å²) < 4.78 is 0. The van der Waals surface area contributed by atoms with Gasteiger partial charge in [-0.2, -0.15) is 0 Å². The number of nitrogens with one attached hydrogen (secondary N) is 2. The quantitative estimate of drug-likeness (QED) is 0.493. The van der Waals surface area contributed by atoms with Crippen molar-refractivity contribution in [3.63, 3.8) is 0 Å². The van der Waals surface area contributed by atoms with E-state index in [0.29, 0.717) is 33.5 Å². The Labute approximate surface area is 171 Å². The molecule has 3 aromatic rings. The van der Waals surface area contributed by atoms with Gasteiger partial charge in [-0.3, -0.25) is 4.79 Å². The second-order valence-corrected chi connectivity index (χ2v) is 6.82.